The maximum atomic E-state index is 8.81. The lowest BCUT2D eigenvalue weighted by Crippen LogP contribution is -2.10. The van der Waals surface area contributed by atoms with Crippen LogP contribution in [0.3, 0.4) is 0 Å². The number of aliphatic hydroxyl groups excluding tert-OH is 1. The van der Waals surface area contributed by atoms with Gasteiger partial charge in [-0.15, -0.1) is 10.2 Å². The molecule has 5 nitrogen and oxygen atoms in total. The van der Waals surface area contributed by atoms with Crippen molar-refractivity contribution in [2.45, 2.75) is 6.61 Å². The van der Waals surface area contributed by atoms with Crippen LogP contribution in [0.25, 0.3) is 0 Å². The van der Waals surface area contributed by atoms with Crippen LogP contribution in [0.4, 0.5) is 0 Å². The fourth-order valence-electron chi connectivity index (χ4n) is 1.33. The van der Waals surface area contributed by atoms with Crippen molar-refractivity contribution in [2.75, 3.05) is 13.2 Å². The Morgan fingerprint density at radius 3 is 2.33 bits per heavy atom. The monoisotopic (exact) mass is 246 g/mol. The number of para-hydroxylation sites is 1. The molecule has 0 radical (unpaired) electrons. The van der Waals surface area contributed by atoms with Crippen molar-refractivity contribution < 1.29 is 14.6 Å². The highest BCUT2D eigenvalue weighted by Gasteiger charge is 1.98. The zero-order valence-corrected chi connectivity index (χ0v) is 9.82. The molecule has 5 heteroatoms. The molecule has 0 fully saturated rings. The summed E-state index contributed by atoms with van der Waals surface area (Å²) in [5.74, 6) is 1.23. The Balaban J connectivity index is 1.72. The Bertz CT molecular complexity index is 459. The average molecular weight is 246 g/mol. The number of ether oxygens (including phenoxy) is 2. The Kier molecular flexibility index (Phi) is 4.49. The summed E-state index contributed by atoms with van der Waals surface area (Å²) in [4.78, 5) is 0. The summed E-state index contributed by atoms with van der Waals surface area (Å²) >= 11 is 0. The first-order valence-electron chi connectivity index (χ1n) is 5.62. The quantitative estimate of drug-likeness (QED) is 0.781. The second kappa shape index (κ2) is 6.56. The van der Waals surface area contributed by atoms with E-state index >= 15 is 0 Å². The van der Waals surface area contributed by atoms with Crippen molar-refractivity contribution in [1.29, 1.82) is 0 Å². The van der Waals surface area contributed by atoms with Crippen LogP contribution in [0.15, 0.2) is 42.5 Å². The van der Waals surface area contributed by atoms with E-state index in [-0.39, 0.29) is 6.61 Å². The topological polar surface area (TPSA) is 64.5 Å². The minimum absolute atomic E-state index is 0.121. The summed E-state index contributed by atoms with van der Waals surface area (Å²) in [6, 6.07) is 12.9. The second-order valence-corrected chi connectivity index (χ2v) is 3.53. The second-order valence-electron chi connectivity index (χ2n) is 3.53. The third kappa shape index (κ3) is 3.71. The van der Waals surface area contributed by atoms with E-state index in [1.54, 1.807) is 12.1 Å². The standard InChI is InChI=1S/C13H14N2O3/c16-10-11-6-7-13(15-14-11)18-9-8-17-12-4-2-1-3-5-12/h1-7,16H,8-10H2. The van der Waals surface area contributed by atoms with E-state index in [1.807, 2.05) is 30.3 Å². The van der Waals surface area contributed by atoms with Gasteiger partial charge in [0, 0.05) is 6.07 Å². The lowest BCUT2D eigenvalue weighted by molar-refractivity contribution is 0.209. The molecule has 94 valence electrons. The molecule has 1 N–H and O–H groups in total. The van der Waals surface area contributed by atoms with Crippen molar-refractivity contribution in [2.24, 2.45) is 0 Å². The molecule has 0 amide bonds. The smallest absolute Gasteiger partial charge is 0.233 e. The van der Waals surface area contributed by atoms with Crippen LogP contribution in [0.5, 0.6) is 11.6 Å². The fraction of sp³-hybridized carbons (Fsp3) is 0.231. The molecule has 18 heavy (non-hydrogen) atoms. The predicted molar refractivity (Wildman–Crippen MR) is 65.4 cm³/mol. The highest BCUT2D eigenvalue weighted by Crippen LogP contribution is 2.08. The number of rotatable bonds is 6. The van der Waals surface area contributed by atoms with Gasteiger partial charge in [0.2, 0.25) is 5.88 Å². The van der Waals surface area contributed by atoms with Crippen molar-refractivity contribution in [1.82, 2.24) is 10.2 Å². The highest BCUT2D eigenvalue weighted by atomic mass is 16.5. The molecule has 1 heterocycles. The van der Waals surface area contributed by atoms with Gasteiger partial charge in [-0.05, 0) is 18.2 Å². The molecular weight excluding hydrogens is 232 g/mol. The van der Waals surface area contributed by atoms with Crippen LogP contribution in [-0.4, -0.2) is 28.5 Å². The molecule has 0 aliphatic carbocycles. The van der Waals surface area contributed by atoms with Crippen molar-refractivity contribution >= 4 is 0 Å². The zero-order valence-electron chi connectivity index (χ0n) is 9.82. The molecule has 0 aliphatic rings. The molecule has 1 aromatic carbocycles. The third-order valence-electron chi connectivity index (χ3n) is 2.20. The Hall–Kier alpha value is -2.14. The summed E-state index contributed by atoms with van der Waals surface area (Å²) in [6.45, 7) is 0.708. The molecule has 1 aromatic heterocycles. The minimum atomic E-state index is -0.121. The first-order valence-corrected chi connectivity index (χ1v) is 5.62. The molecule has 0 atom stereocenters. The van der Waals surface area contributed by atoms with E-state index in [1.165, 1.54) is 0 Å². The van der Waals surface area contributed by atoms with E-state index in [4.69, 9.17) is 14.6 Å². The lowest BCUT2D eigenvalue weighted by atomic mass is 10.3. The molecule has 0 unspecified atom stereocenters. The summed E-state index contributed by atoms with van der Waals surface area (Å²) in [5, 5.41) is 16.4. The SMILES string of the molecule is OCc1ccc(OCCOc2ccccc2)nn1. The molecular formula is C13H14N2O3. The number of hydrogen-bond acceptors (Lipinski definition) is 5. The largest absolute Gasteiger partial charge is 0.490 e. The van der Waals surface area contributed by atoms with Gasteiger partial charge in [-0.2, -0.15) is 0 Å². The van der Waals surface area contributed by atoms with Crippen molar-refractivity contribution in [3.8, 4) is 11.6 Å². The van der Waals surface area contributed by atoms with Crippen molar-refractivity contribution in [3.05, 3.63) is 48.2 Å². The summed E-state index contributed by atoms with van der Waals surface area (Å²) in [6.07, 6.45) is 0. The highest BCUT2D eigenvalue weighted by molar-refractivity contribution is 5.20. The number of aromatic nitrogens is 2. The van der Waals surface area contributed by atoms with Crippen LogP contribution >= 0.6 is 0 Å². The van der Waals surface area contributed by atoms with Crippen LogP contribution in [0.2, 0.25) is 0 Å². The van der Waals surface area contributed by atoms with E-state index in [0.29, 0.717) is 24.8 Å². The van der Waals surface area contributed by atoms with Crippen LogP contribution < -0.4 is 9.47 Å². The van der Waals surface area contributed by atoms with Gasteiger partial charge in [0.25, 0.3) is 0 Å². The molecule has 0 spiro atoms. The Morgan fingerprint density at radius 1 is 0.889 bits per heavy atom. The molecule has 0 saturated heterocycles. The van der Waals surface area contributed by atoms with Gasteiger partial charge in [0.1, 0.15) is 19.0 Å². The summed E-state index contributed by atoms with van der Waals surface area (Å²) in [5.41, 5.74) is 0.517. The number of aliphatic hydroxyl groups is 1. The summed E-state index contributed by atoms with van der Waals surface area (Å²) in [7, 11) is 0. The van der Waals surface area contributed by atoms with Gasteiger partial charge in [-0.3, -0.25) is 0 Å². The molecule has 0 bridgehead atoms. The van der Waals surface area contributed by atoms with Crippen LogP contribution in [0.1, 0.15) is 5.69 Å². The maximum absolute atomic E-state index is 8.81. The fourth-order valence-corrected chi connectivity index (χ4v) is 1.33. The summed E-state index contributed by atoms with van der Waals surface area (Å²) < 4.78 is 10.8. The van der Waals surface area contributed by atoms with E-state index in [2.05, 4.69) is 10.2 Å². The molecule has 0 saturated carbocycles. The lowest BCUT2D eigenvalue weighted by Gasteiger charge is -2.07. The van der Waals surface area contributed by atoms with Crippen molar-refractivity contribution in [3.63, 3.8) is 0 Å². The molecule has 0 aliphatic heterocycles. The number of benzene rings is 1. The first-order chi connectivity index (χ1) is 8.88. The Morgan fingerprint density at radius 2 is 1.67 bits per heavy atom. The van der Waals surface area contributed by atoms with Gasteiger partial charge >= 0.3 is 0 Å². The van der Waals surface area contributed by atoms with Crippen LogP contribution in [-0.2, 0) is 6.61 Å². The van der Waals surface area contributed by atoms with Gasteiger partial charge in [-0.1, -0.05) is 18.2 Å². The van der Waals surface area contributed by atoms with Gasteiger partial charge in [0.05, 0.1) is 12.3 Å². The molecule has 2 aromatic rings. The average Bonchev–Trinajstić information content (AvgIpc) is 2.45. The van der Waals surface area contributed by atoms with Gasteiger partial charge < -0.3 is 14.6 Å². The third-order valence-corrected chi connectivity index (χ3v) is 2.20. The van der Waals surface area contributed by atoms with E-state index in [0.717, 1.165) is 5.75 Å². The van der Waals surface area contributed by atoms with E-state index in [9.17, 15) is 0 Å². The number of nitrogens with zero attached hydrogens (tertiary/aromatic N) is 2. The maximum Gasteiger partial charge on any atom is 0.233 e. The normalized spacial score (nSPS) is 10.1. The van der Waals surface area contributed by atoms with Crippen LogP contribution in [0, 0.1) is 0 Å². The van der Waals surface area contributed by atoms with Gasteiger partial charge in [0.15, 0.2) is 0 Å². The molecule has 2 rings (SSSR count). The number of hydrogen-bond donors (Lipinski definition) is 1. The Labute approximate surface area is 105 Å². The van der Waals surface area contributed by atoms with Gasteiger partial charge in [-0.25, -0.2) is 0 Å². The zero-order chi connectivity index (χ0) is 12.6. The first kappa shape index (κ1) is 12.3. The predicted octanol–water partition coefficient (Wildman–Crippen LogP) is 1.43. The van der Waals surface area contributed by atoms with E-state index < -0.39 is 0 Å². The minimum Gasteiger partial charge on any atom is -0.490 e.